The van der Waals surface area contributed by atoms with E-state index in [1.807, 2.05) is 30.3 Å². The van der Waals surface area contributed by atoms with Crippen LogP contribution in [0.2, 0.25) is 5.02 Å². The lowest BCUT2D eigenvalue weighted by molar-refractivity contribution is 0.0696. The largest absolute Gasteiger partial charge is 0.478 e. The van der Waals surface area contributed by atoms with Crippen LogP contribution in [0.5, 0.6) is 0 Å². The van der Waals surface area contributed by atoms with Crippen LogP contribution in [-0.4, -0.2) is 30.3 Å². The Morgan fingerprint density at radius 2 is 1.68 bits per heavy atom. The van der Waals surface area contributed by atoms with Crippen molar-refractivity contribution in [1.82, 2.24) is 4.31 Å². The molecule has 3 aromatic rings. The maximum absolute atomic E-state index is 13.4. The van der Waals surface area contributed by atoms with Crippen molar-refractivity contribution in [3.05, 3.63) is 100 Å². The van der Waals surface area contributed by atoms with Crippen LogP contribution in [0.25, 0.3) is 0 Å². The zero-order valence-electron chi connectivity index (χ0n) is 17.2. The van der Waals surface area contributed by atoms with E-state index >= 15 is 0 Å². The van der Waals surface area contributed by atoms with Crippen LogP contribution >= 0.6 is 11.6 Å². The van der Waals surface area contributed by atoms with Crippen molar-refractivity contribution in [1.29, 1.82) is 0 Å². The maximum atomic E-state index is 13.4. The lowest BCUT2D eigenvalue weighted by Crippen LogP contribution is -2.32. The van der Waals surface area contributed by atoms with Crippen molar-refractivity contribution < 1.29 is 18.3 Å². The van der Waals surface area contributed by atoms with E-state index in [2.05, 4.69) is 0 Å². The number of rotatable bonds is 9. The van der Waals surface area contributed by atoms with Gasteiger partial charge in [-0.3, -0.25) is 0 Å². The summed E-state index contributed by atoms with van der Waals surface area (Å²) in [7, 11) is -3.76. The molecule has 0 radical (unpaired) electrons. The molecule has 31 heavy (non-hydrogen) atoms. The molecule has 0 amide bonds. The van der Waals surface area contributed by atoms with Crippen molar-refractivity contribution in [2.75, 3.05) is 6.54 Å². The molecule has 0 spiro atoms. The molecule has 0 unspecified atom stereocenters. The minimum atomic E-state index is -3.76. The third-order valence-corrected chi connectivity index (χ3v) is 7.21. The van der Waals surface area contributed by atoms with Gasteiger partial charge in [-0.1, -0.05) is 48.0 Å². The quantitative estimate of drug-likeness (QED) is 0.481. The first-order chi connectivity index (χ1) is 14.8. The highest BCUT2D eigenvalue weighted by Crippen LogP contribution is 2.23. The molecule has 0 fully saturated rings. The fourth-order valence-electron chi connectivity index (χ4n) is 3.34. The third kappa shape index (κ3) is 5.94. The van der Waals surface area contributed by atoms with E-state index in [-0.39, 0.29) is 17.0 Å². The number of hydrogen-bond donors (Lipinski definition) is 1. The van der Waals surface area contributed by atoms with Crippen LogP contribution in [0.4, 0.5) is 0 Å². The number of carboxylic acids is 1. The van der Waals surface area contributed by atoms with Crippen LogP contribution in [0.1, 0.15) is 33.5 Å². The van der Waals surface area contributed by atoms with Gasteiger partial charge in [0.05, 0.1) is 10.5 Å². The Hall–Kier alpha value is -2.67. The van der Waals surface area contributed by atoms with Gasteiger partial charge >= 0.3 is 5.97 Å². The molecule has 0 saturated heterocycles. The molecule has 0 aliphatic heterocycles. The molecule has 7 heteroatoms. The van der Waals surface area contributed by atoms with E-state index in [0.29, 0.717) is 18.0 Å². The summed E-state index contributed by atoms with van der Waals surface area (Å²) in [6, 6.07) is 20.8. The summed E-state index contributed by atoms with van der Waals surface area (Å²) < 4.78 is 28.2. The highest BCUT2D eigenvalue weighted by Gasteiger charge is 2.25. The molecule has 0 aliphatic carbocycles. The van der Waals surface area contributed by atoms with Crippen molar-refractivity contribution >= 4 is 27.6 Å². The summed E-state index contributed by atoms with van der Waals surface area (Å²) in [6.07, 6.45) is 1.41. The molecular formula is C24H24ClNO4S. The van der Waals surface area contributed by atoms with Crippen LogP contribution in [0, 0.1) is 6.92 Å². The second kappa shape index (κ2) is 10.1. The van der Waals surface area contributed by atoms with Gasteiger partial charge in [0.15, 0.2) is 0 Å². The topological polar surface area (TPSA) is 74.7 Å². The van der Waals surface area contributed by atoms with Crippen LogP contribution < -0.4 is 0 Å². The number of aromatic carboxylic acids is 1. The Morgan fingerprint density at radius 3 is 2.29 bits per heavy atom. The summed E-state index contributed by atoms with van der Waals surface area (Å²) in [5, 5.41) is 9.66. The molecule has 0 atom stereocenters. The monoisotopic (exact) mass is 457 g/mol. The molecule has 0 aliphatic rings. The van der Waals surface area contributed by atoms with Crippen molar-refractivity contribution in [2.24, 2.45) is 0 Å². The number of sulfonamides is 1. The van der Waals surface area contributed by atoms with Gasteiger partial charge in [-0.25, -0.2) is 13.2 Å². The maximum Gasteiger partial charge on any atom is 0.335 e. The third-order valence-electron chi connectivity index (χ3n) is 5.10. The summed E-state index contributed by atoms with van der Waals surface area (Å²) in [6.45, 7) is 2.28. The first kappa shape index (κ1) is 23.0. The molecular weight excluding hydrogens is 434 g/mol. The van der Waals surface area contributed by atoms with Gasteiger partial charge < -0.3 is 5.11 Å². The standard InChI is InChI=1S/C24H24ClNO4S/c1-18-16-20(24(27)28)9-10-21(18)17-26(15-5-8-19-6-3-2-4-7-19)31(29,30)23-13-11-22(25)12-14-23/h2-4,6-7,9-14,16H,5,8,15,17H2,1H3,(H,27,28). The van der Waals surface area contributed by atoms with Crippen molar-refractivity contribution in [3.63, 3.8) is 0 Å². The molecule has 0 heterocycles. The number of aryl methyl sites for hydroxylation is 2. The minimum Gasteiger partial charge on any atom is -0.478 e. The summed E-state index contributed by atoms with van der Waals surface area (Å²) >= 11 is 5.93. The summed E-state index contributed by atoms with van der Waals surface area (Å²) in [5.41, 5.74) is 2.83. The van der Waals surface area contributed by atoms with Gasteiger partial charge in [0.1, 0.15) is 0 Å². The van der Waals surface area contributed by atoms with Crippen LogP contribution in [0.15, 0.2) is 77.7 Å². The fraction of sp³-hybridized carbons (Fsp3) is 0.208. The molecule has 3 rings (SSSR count). The Bertz CT molecular complexity index is 1150. The predicted molar refractivity (Wildman–Crippen MR) is 122 cm³/mol. The Balaban J connectivity index is 1.86. The van der Waals surface area contributed by atoms with E-state index in [0.717, 1.165) is 23.1 Å². The number of nitrogens with zero attached hydrogens (tertiary/aromatic N) is 1. The predicted octanol–water partition coefficient (Wildman–Crippen LogP) is 5.17. The van der Waals surface area contributed by atoms with Gasteiger partial charge in [0.25, 0.3) is 0 Å². The zero-order valence-corrected chi connectivity index (χ0v) is 18.7. The Labute approximate surface area is 188 Å². The lowest BCUT2D eigenvalue weighted by Gasteiger charge is -2.23. The SMILES string of the molecule is Cc1cc(C(=O)O)ccc1CN(CCCc1ccccc1)S(=O)(=O)c1ccc(Cl)cc1. The number of carbonyl (C=O) groups is 1. The summed E-state index contributed by atoms with van der Waals surface area (Å²) in [4.78, 5) is 11.4. The first-order valence-corrected chi connectivity index (χ1v) is 11.7. The second-order valence-electron chi connectivity index (χ2n) is 7.33. The van der Waals surface area contributed by atoms with Crippen LogP contribution in [-0.2, 0) is 23.0 Å². The van der Waals surface area contributed by atoms with Crippen molar-refractivity contribution in [2.45, 2.75) is 31.2 Å². The fourth-order valence-corrected chi connectivity index (χ4v) is 4.92. The van der Waals surface area contributed by atoms with E-state index in [4.69, 9.17) is 11.6 Å². The summed E-state index contributed by atoms with van der Waals surface area (Å²) in [5.74, 6) is -1.01. The number of halogens is 1. The Kier molecular flexibility index (Phi) is 7.49. The number of benzene rings is 3. The molecule has 0 aromatic heterocycles. The van der Waals surface area contributed by atoms with Gasteiger partial charge in [0, 0.05) is 18.1 Å². The number of carboxylic acid groups (broad SMARTS) is 1. The lowest BCUT2D eigenvalue weighted by atomic mass is 10.0. The molecule has 3 aromatic carbocycles. The average molecular weight is 458 g/mol. The van der Waals surface area contributed by atoms with E-state index in [9.17, 15) is 18.3 Å². The first-order valence-electron chi connectivity index (χ1n) is 9.90. The highest BCUT2D eigenvalue weighted by molar-refractivity contribution is 7.89. The van der Waals surface area contributed by atoms with Crippen LogP contribution in [0.3, 0.4) is 0 Å². The molecule has 0 saturated carbocycles. The smallest absolute Gasteiger partial charge is 0.335 e. The van der Waals surface area contributed by atoms with E-state index in [1.165, 1.54) is 22.5 Å². The minimum absolute atomic E-state index is 0.158. The average Bonchev–Trinajstić information content (AvgIpc) is 2.75. The van der Waals surface area contributed by atoms with Gasteiger partial charge in [-0.15, -0.1) is 0 Å². The van der Waals surface area contributed by atoms with Crippen molar-refractivity contribution in [3.8, 4) is 0 Å². The molecule has 162 valence electrons. The van der Waals surface area contributed by atoms with E-state index < -0.39 is 16.0 Å². The van der Waals surface area contributed by atoms with Gasteiger partial charge in [-0.2, -0.15) is 4.31 Å². The Morgan fingerprint density at radius 1 is 1.00 bits per heavy atom. The molecule has 1 N–H and O–H groups in total. The second-order valence-corrected chi connectivity index (χ2v) is 9.70. The molecule has 0 bridgehead atoms. The zero-order chi connectivity index (χ0) is 22.4. The normalized spacial score (nSPS) is 11.6. The van der Waals surface area contributed by atoms with Gasteiger partial charge in [-0.05, 0) is 72.9 Å². The number of hydrogen-bond acceptors (Lipinski definition) is 3. The van der Waals surface area contributed by atoms with Gasteiger partial charge in [0.2, 0.25) is 10.0 Å². The highest BCUT2D eigenvalue weighted by atomic mass is 35.5. The molecule has 5 nitrogen and oxygen atoms in total. The van der Waals surface area contributed by atoms with E-state index in [1.54, 1.807) is 31.2 Å².